The summed E-state index contributed by atoms with van der Waals surface area (Å²) in [6, 6.07) is 11.1. The van der Waals surface area contributed by atoms with Crippen LogP contribution in [-0.4, -0.2) is 42.2 Å². The van der Waals surface area contributed by atoms with E-state index < -0.39 is 5.97 Å². The first-order chi connectivity index (χ1) is 13.4. The maximum atomic E-state index is 11.0. The van der Waals surface area contributed by atoms with E-state index in [4.69, 9.17) is 9.84 Å². The van der Waals surface area contributed by atoms with Crippen molar-refractivity contribution in [1.29, 1.82) is 5.26 Å². The van der Waals surface area contributed by atoms with Crippen LogP contribution in [0.2, 0.25) is 0 Å². The lowest BCUT2D eigenvalue weighted by Gasteiger charge is -2.16. The molecule has 0 spiro atoms. The zero-order chi connectivity index (χ0) is 20.3. The standard InChI is InChI=1S/C21H18N4O3/c1-25(2)21-23-12-17-16(14-6-4-5-13(9-14)11-22)10-15(7-8-18(26)27)20(28-3)19(17)24-21/h4-10,12H,1-3H3,(H,26,27)/b8-7+. The molecule has 0 aliphatic heterocycles. The Morgan fingerprint density at radius 1 is 1.32 bits per heavy atom. The highest BCUT2D eigenvalue weighted by molar-refractivity contribution is 6.01. The van der Waals surface area contributed by atoms with Crippen molar-refractivity contribution in [3.8, 4) is 22.9 Å². The lowest BCUT2D eigenvalue weighted by Crippen LogP contribution is -2.12. The van der Waals surface area contributed by atoms with Crippen molar-refractivity contribution in [2.24, 2.45) is 0 Å². The predicted octanol–water partition coefficient (Wildman–Crippen LogP) is 3.34. The van der Waals surface area contributed by atoms with E-state index in [0.29, 0.717) is 28.3 Å². The summed E-state index contributed by atoms with van der Waals surface area (Å²) in [5, 5.41) is 19.0. The number of rotatable bonds is 5. The van der Waals surface area contributed by atoms with Gasteiger partial charge < -0.3 is 14.7 Å². The molecule has 0 atom stereocenters. The number of anilines is 1. The van der Waals surface area contributed by atoms with Crippen LogP contribution in [0, 0.1) is 11.3 Å². The number of aliphatic carboxylic acids is 1. The van der Waals surface area contributed by atoms with Gasteiger partial charge in [-0.15, -0.1) is 0 Å². The van der Waals surface area contributed by atoms with Crippen molar-refractivity contribution >= 4 is 28.9 Å². The maximum Gasteiger partial charge on any atom is 0.328 e. The largest absolute Gasteiger partial charge is 0.494 e. The Hall–Kier alpha value is -3.92. The molecule has 0 bridgehead atoms. The van der Waals surface area contributed by atoms with E-state index in [2.05, 4.69) is 16.0 Å². The molecule has 0 saturated heterocycles. The monoisotopic (exact) mass is 374 g/mol. The highest BCUT2D eigenvalue weighted by Gasteiger charge is 2.16. The fourth-order valence-corrected chi connectivity index (χ4v) is 2.89. The predicted molar refractivity (Wildman–Crippen MR) is 107 cm³/mol. The fraction of sp³-hybridized carbons (Fsp3) is 0.143. The van der Waals surface area contributed by atoms with Crippen molar-refractivity contribution in [1.82, 2.24) is 9.97 Å². The van der Waals surface area contributed by atoms with Crippen LogP contribution in [0.15, 0.2) is 42.6 Å². The van der Waals surface area contributed by atoms with Gasteiger partial charge in [0.05, 0.1) is 18.7 Å². The van der Waals surface area contributed by atoms with E-state index in [1.54, 1.807) is 29.3 Å². The summed E-state index contributed by atoms with van der Waals surface area (Å²) in [7, 11) is 5.18. The Balaban J connectivity index is 2.39. The normalized spacial score (nSPS) is 10.8. The van der Waals surface area contributed by atoms with Crippen LogP contribution in [0.1, 0.15) is 11.1 Å². The average molecular weight is 374 g/mol. The second-order valence-corrected chi connectivity index (χ2v) is 6.24. The Bertz CT molecular complexity index is 1130. The first kappa shape index (κ1) is 18.9. The molecule has 0 unspecified atom stereocenters. The number of methoxy groups -OCH3 is 1. The third kappa shape index (κ3) is 3.62. The van der Waals surface area contributed by atoms with Gasteiger partial charge in [-0.25, -0.2) is 14.8 Å². The van der Waals surface area contributed by atoms with E-state index >= 15 is 0 Å². The molecular weight excluding hydrogens is 356 g/mol. The number of carboxylic acids is 1. The minimum absolute atomic E-state index is 0.457. The number of ether oxygens (including phenoxy) is 1. The first-order valence-corrected chi connectivity index (χ1v) is 8.41. The van der Waals surface area contributed by atoms with Crippen LogP contribution in [0.4, 0.5) is 5.95 Å². The number of nitrogens with zero attached hydrogens (tertiary/aromatic N) is 4. The number of aromatic nitrogens is 2. The second kappa shape index (κ2) is 7.76. The van der Waals surface area contributed by atoms with E-state index in [9.17, 15) is 10.1 Å². The molecule has 0 fully saturated rings. The highest BCUT2D eigenvalue weighted by Crippen LogP contribution is 2.37. The Labute approximate surface area is 162 Å². The van der Waals surface area contributed by atoms with E-state index in [1.807, 2.05) is 26.2 Å². The summed E-state index contributed by atoms with van der Waals surface area (Å²) in [4.78, 5) is 21.8. The number of carbonyl (C=O) groups is 1. The fourth-order valence-electron chi connectivity index (χ4n) is 2.89. The van der Waals surface area contributed by atoms with Gasteiger partial charge in [0, 0.05) is 37.3 Å². The topological polar surface area (TPSA) is 99.3 Å². The molecule has 0 amide bonds. The molecule has 0 aliphatic rings. The van der Waals surface area contributed by atoms with Crippen molar-refractivity contribution in [3.05, 3.63) is 53.7 Å². The molecule has 3 rings (SSSR count). The summed E-state index contributed by atoms with van der Waals surface area (Å²) in [5.74, 6) is -0.105. The molecule has 3 aromatic rings. The third-order valence-corrected chi connectivity index (χ3v) is 4.16. The molecule has 140 valence electrons. The molecule has 0 radical (unpaired) electrons. The summed E-state index contributed by atoms with van der Waals surface area (Å²) >= 11 is 0. The van der Waals surface area contributed by atoms with Gasteiger partial charge in [0.2, 0.25) is 5.95 Å². The van der Waals surface area contributed by atoms with Gasteiger partial charge in [0.15, 0.2) is 5.75 Å². The average Bonchev–Trinajstić information content (AvgIpc) is 2.70. The minimum Gasteiger partial charge on any atom is -0.494 e. The van der Waals surface area contributed by atoms with Gasteiger partial charge in [0.25, 0.3) is 0 Å². The van der Waals surface area contributed by atoms with Gasteiger partial charge in [0.1, 0.15) is 5.52 Å². The number of carboxylic acid groups (broad SMARTS) is 1. The lowest BCUT2D eigenvalue weighted by molar-refractivity contribution is -0.131. The number of hydrogen-bond acceptors (Lipinski definition) is 6. The molecular formula is C21H18N4O3. The van der Waals surface area contributed by atoms with Crippen LogP contribution < -0.4 is 9.64 Å². The van der Waals surface area contributed by atoms with Crippen LogP contribution in [0.3, 0.4) is 0 Å². The smallest absolute Gasteiger partial charge is 0.328 e. The van der Waals surface area contributed by atoms with Gasteiger partial charge in [-0.05, 0) is 35.4 Å². The van der Waals surface area contributed by atoms with Crippen LogP contribution in [0.25, 0.3) is 28.1 Å². The van der Waals surface area contributed by atoms with Crippen molar-refractivity contribution in [2.75, 3.05) is 26.1 Å². The Kier molecular flexibility index (Phi) is 5.23. The lowest BCUT2D eigenvalue weighted by atomic mass is 9.96. The number of benzene rings is 2. The molecule has 0 saturated carbocycles. The second-order valence-electron chi connectivity index (χ2n) is 6.24. The maximum absolute atomic E-state index is 11.0. The molecule has 2 aromatic carbocycles. The number of nitriles is 1. The SMILES string of the molecule is COc1c(/C=C/C(=O)O)cc(-c2cccc(C#N)c2)c2cnc(N(C)C)nc12. The minimum atomic E-state index is -1.06. The molecule has 0 aliphatic carbocycles. The number of fused-ring (bicyclic) bond motifs is 1. The molecule has 7 nitrogen and oxygen atoms in total. The molecule has 1 aromatic heterocycles. The first-order valence-electron chi connectivity index (χ1n) is 8.41. The van der Waals surface area contributed by atoms with Gasteiger partial charge in [-0.1, -0.05) is 12.1 Å². The van der Waals surface area contributed by atoms with Crippen LogP contribution >= 0.6 is 0 Å². The molecule has 7 heteroatoms. The third-order valence-electron chi connectivity index (χ3n) is 4.16. The van der Waals surface area contributed by atoms with Crippen LogP contribution in [-0.2, 0) is 4.79 Å². The highest BCUT2D eigenvalue weighted by atomic mass is 16.5. The van der Waals surface area contributed by atoms with Gasteiger partial charge >= 0.3 is 5.97 Å². The van der Waals surface area contributed by atoms with E-state index in [0.717, 1.165) is 22.6 Å². The quantitative estimate of drug-likeness (QED) is 0.684. The zero-order valence-electron chi connectivity index (χ0n) is 15.7. The molecule has 28 heavy (non-hydrogen) atoms. The Morgan fingerprint density at radius 3 is 2.75 bits per heavy atom. The summed E-state index contributed by atoms with van der Waals surface area (Å²) in [5.41, 5.74) is 3.24. The number of hydrogen-bond donors (Lipinski definition) is 1. The van der Waals surface area contributed by atoms with Crippen molar-refractivity contribution < 1.29 is 14.6 Å². The summed E-state index contributed by atoms with van der Waals surface area (Å²) in [6.45, 7) is 0. The summed E-state index contributed by atoms with van der Waals surface area (Å²) < 4.78 is 5.56. The zero-order valence-corrected chi connectivity index (χ0v) is 15.7. The Morgan fingerprint density at radius 2 is 2.11 bits per heavy atom. The van der Waals surface area contributed by atoms with Crippen molar-refractivity contribution in [3.63, 3.8) is 0 Å². The molecule has 1 N–H and O–H groups in total. The molecule has 1 heterocycles. The van der Waals surface area contributed by atoms with Gasteiger partial charge in [-0.2, -0.15) is 5.26 Å². The van der Waals surface area contributed by atoms with Gasteiger partial charge in [-0.3, -0.25) is 0 Å². The van der Waals surface area contributed by atoms with E-state index in [1.165, 1.54) is 13.2 Å². The van der Waals surface area contributed by atoms with E-state index in [-0.39, 0.29) is 0 Å². The van der Waals surface area contributed by atoms with Crippen LogP contribution in [0.5, 0.6) is 5.75 Å². The summed E-state index contributed by atoms with van der Waals surface area (Å²) in [6.07, 6.45) is 4.22. The van der Waals surface area contributed by atoms with Crippen molar-refractivity contribution in [2.45, 2.75) is 0 Å².